The maximum absolute atomic E-state index is 13.6. The highest BCUT2D eigenvalue weighted by atomic mass is 16.2. The predicted octanol–water partition coefficient (Wildman–Crippen LogP) is 2.67. The summed E-state index contributed by atoms with van der Waals surface area (Å²) in [5.41, 5.74) is 1.01. The van der Waals surface area contributed by atoms with Crippen molar-refractivity contribution in [2.75, 3.05) is 37.6 Å². The third-order valence-corrected chi connectivity index (χ3v) is 7.31. The van der Waals surface area contributed by atoms with Crippen LogP contribution in [0.5, 0.6) is 0 Å². The quantitative estimate of drug-likeness (QED) is 0.784. The Bertz CT molecular complexity index is 976. The number of carbonyl (C=O) groups is 2. The fraction of sp³-hybridized carbons (Fsp3) is 0.520. The molecule has 0 radical (unpaired) electrons. The number of nitrogens with zero attached hydrogens (tertiary/aromatic N) is 4. The van der Waals surface area contributed by atoms with Gasteiger partial charge in [-0.2, -0.15) is 0 Å². The Morgan fingerprint density at radius 2 is 2.03 bits per heavy atom. The highest BCUT2D eigenvalue weighted by Gasteiger charge is 2.53. The first-order valence-electron chi connectivity index (χ1n) is 11.7. The molecule has 0 unspecified atom stereocenters. The maximum Gasteiger partial charge on any atom is 0.255 e. The fourth-order valence-electron chi connectivity index (χ4n) is 5.22. The third kappa shape index (κ3) is 4.08. The summed E-state index contributed by atoms with van der Waals surface area (Å²) in [7, 11) is 0. The van der Waals surface area contributed by atoms with Gasteiger partial charge in [-0.3, -0.25) is 14.6 Å². The van der Waals surface area contributed by atoms with E-state index in [4.69, 9.17) is 0 Å². The Kier molecular flexibility index (Phi) is 5.57. The van der Waals surface area contributed by atoms with E-state index in [2.05, 4.69) is 20.2 Å². The summed E-state index contributed by atoms with van der Waals surface area (Å²) in [5, 5.41) is 3.26. The molecule has 1 aliphatic carbocycles. The second kappa shape index (κ2) is 8.52. The molecule has 0 spiro atoms. The molecule has 2 aromatic rings. The monoisotopic (exact) mass is 433 g/mol. The molecule has 1 N–H and O–H groups in total. The van der Waals surface area contributed by atoms with E-state index >= 15 is 0 Å². The number of hydrogen-bond donors (Lipinski definition) is 1. The van der Waals surface area contributed by atoms with Crippen LogP contribution in [0.4, 0.5) is 5.82 Å². The molecular weight excluding hydrogens is 402 g/mol. The minimum absolute atomic E-state index is 0.00275. The number of pyridine rings is 2. The molecular formula is C25H31N5O2. The van der Waals surface area contributed by atoms with Gasteiger partial charge in [-0.1, -0.05) is 6.07 Å². The number of rotatable bonds is 5. The molecule has 32 heavy (non-hydrogen) atoms. The van der Waals surface area contributed by atoms with E-state index in [1.807, 2.05) is 42.2 Å². The van der Waals surface area contributed by atoms with Crippen molar-refractivity contribution in [3.63, 3.8) is 0 Å². The first-order chi connectivity index (χ1) is 15.5. The van der Waals surface area contributed by atoms with E-state index < -0.39 is 5.41 Å². The summed E-state index contributed by atoms with van der Waals surface area (Å²) >= 11 is 0. The topological polar surface area (TPSA) is 78.4 Å². The molecule has 5 rings (SSSR count). The van der Waals surface area contributed by atoms with Crippen molar-refractivity contribution in [1.29, 1.82) is 0 Å². The van der Waals surface area contributed by atoms with Crippen molar-refractivity contribution in [3.8, 4) is 0 Å². The fourth-order valence-corrected chi connectivity index (χ4v) is 5.22. The van der Waals surface area contributed by atoms with Gasteiger partial charge in [-0.25, -0.2) is 4.98 Å². The summed E-state index contributed by atoms with van der Waals surface area (Å²) in [5.74, 6) is 1.76. The second-order valence-corrected chi connectivity index (χ2v) is 9.62. The molecule has 0 aromatic carbocycles. The summed E-state index contributed by atoms with van der Waals surface area (Å²) in [6, 6.07) is 9.61. The van der Waals surface area contributed by atoms with Crippen LogP contribution in [0.2, 0.25) is 0 Å². The lowest BCUT2D eigenvalue weighted by molar-refractivity contribution is -0.132. The molecule has 2 saturated heterocycles. The van der Waals surface area contributed by atoms with Crippen LogP contribution in [-0.2, 0) is 4.79 Å². The Labute approximate surface area is 189 Å². The van der Waals surface area contributed by atoms with E-state index in [-0.39, 0.29) is 17.7 Å². The zero-order valence-corrected chi connectivity index (χ0v) is 18.7. The second-order valence-electron chi connectivity index (χ2n) is 9.62. The molecule has 2 aliphatic heterocycles. The number of aromatic nitrogens is 2. The average Bonchev–Trinajstić information content (AvgIpc) is 3.61. The van der Waals surface area contributed by atoms with E-state index in [0.717, 1.165) is 37.4 Å². The van der Waals surface area contributed by atoms with Gasteiger partial charge in [0.2, 0.25) is 5.91 Å². The number of carbonyl (C=O) groups excluding carboxylic acids is 2. The number of fused-ring (bicyclic) bond motifs is 1. The Balaban J connectivity index is 1.40. The van der Waals surface area contributed by atoms with Crippen molar-refractivity contribution in [2.45, 2.75) is 32.6 Å². The molecule has 0 bridgehead atoms. The number of nitrogens with one attached hydrogen (secondary N) is 1. The predicted molar refractivity (Wildman–Crippen MR) is 122 cm³/mol. The normalized spacial score (nSPS) is 25.2. The van der Waals surface area contributed by atoms with Crippen molar-refractivity contribution in [3.05, 3.63) is 54.0 Å². The molecule has 7 heteroatoms. The molecule has 7 nitrogen and oxygen atoms in total. The van der Waals surface area contributed by atoms with Gasteiger partial charge in [-0.15, -0.1) is 0 Å². The number of likely N-dealkylation sites (tertiary alicyclic amines) is 1. The number of anilines is 1. The van der Waals surface area contributed by atoms with Crippen molar-refractivity contribution >= 4 is 17.6 Å². The highest BCUT2D eigenvalue weighted by Crippen LogP contribution is 2.44. The minimum Gasteiger partial charge on any atom is -0.355 e. The number of amides is 2. The molecule has 2 amide bonds. The molecule has 4 heterocycles. The highest BCUT2D eigenvalue weighted by molar-refractivity contribution is 5.94. The first kappa shape index (κ1) is 20.9. The van der Waals surface area contributed by atoms with Crippen LogP contribution < -0.4 is 10.2 Å². The lowest BCUT2D eigenvalue weighted by Crippen LogP contribution is -2.48. The summed E-state index contributed by atoms with van der Waals surface area (Å²) < 4.78 is 0. The Morgan fingerprint density at radius 3 is 2.75 bits per heavy atom. The Morgan fingerprint density at radius 1 is 1.16 bits per heavy atom. The standard InChI is InChI=1S/C25H31N5O2/c1-18-6-9-20(14-27-18)23(31)29-12-4-10-25(24(32)28-13-19-7-8-19)17-30(16-21(25)15-29)22-5-2-3-11-26-22/h2-3,5-6,9,11,14,19,21H,4,7-8,10,12-13,15-17H2,1H3,(H,28,32)/t21-,25-/m0/s1. The van der Waals surface area contributed by atoms with Gasteiger partial charge < -0.3 is 15.1 Å². The largest absolute Gasteiger partial charge is 0.355 e. The molecule has 2 aromatic heterocycles. The van der Waals surface area contributed by atoms with Crippen molar-refractivity contribution in [1.82, 2.24) is 20.2 Å². The molecule has 3 aliphatic rings. The Hall–Kier alpha value is -2.96. The van der Waals surface area contributed by atoms with Gasteiger partial charge in [-0.05, 0) is 62.8 Å². The van der Waals surface area contributed by atoms with Crippen LogP contribution in [0.15, 0.2) is 42.7 Å². The molecule has 168 valence electrons. The average molecular weight is 434 g/mol. The molecule has 3 fully saturated rings. The zero-order chi connectivity index (χ0) is 22.1. The lowest BCUT2D eigenvalue weighted by Gasteiger charge is -2.32. The van der Waals surface area contributed by atoms with E-state index in [0.29, 0.717) is 31.1 Å². The van der Waals surface area contributed by atoms with Gasteiger partial charge in [0.05, 0.1) is 11.0 Å². The van der Waals surface area contributed by atoms with Gasteiger partial charge >= 0.3 is 0 Å². The lowest BCUT2D eigenvalue weighted by atomic mass is 9.74. The third-order valence-electron chi connectivity index (χ3n) is 7.31. The SMILES string of the molecule is Cc1ccc(C(=O)N2CCC[C@]3(C(=O)NCC4CC4)CN(c4ccccn4)C[C@@H]3C2)cn1. The van der Waals surface area contributed by atoms with Gasteiger partial charge in [0.1, 0.15) is 5.82 Å². The van der Waals surface area contributed by atoms with Crippen LogP contribution in [-0.4, -0.2) is 59.4 Å². The molecule has 2 atom stereocenters. The van der Waals surface area contributed by atoms with Crippen molar-refractivity contribution in [2.24, 2.45) is 17.3 Å². The van der Waals surface area contributed by atoms with E-state index in [9.17, 15) is 9.59 Å². The summed E-state index contributed by atoms with van der Waals surface area (Å²) in [6.07, 6.45) is 7.48. The van der Waals surface area contributed by atoms with Crippen LogP contribution in [0.3, 0.4) is 0 Å². The van der Waals surface area contributed by atoms with Crippen LogP contribution >= 0.6 is 0 Å². The number of aryl methyl sites for hydroxylation is 1. The van der Waals surface area contributed by atoms with Gasteiger partial charge in [0.25, 0.3) is 5.91 Å². The van der Waals surface area contributed by atoms with Crippen LogP contribution in [0.1, 0.15) is 41.7 Å². The van der Waals surface area contributed by atoms with Gasteiger partial charge in [0.15, 0.2) is 0 Å². The van der Waals surface area contributed by atoms with E-state index in [1.165, 1.54) is 12.8 Å². The van der Waals surface area contributed by atoms with Crippen LogP contribution in [0, 0.1) is 24.2 Å². The smallest absolute Gasteiger partial charge is 0.255 e. The zero-order valence-electron chi connectivity index (χ0n) is 18.7. The van der Waals surface area contributed by atoms with Crippen LogP contribution in [0.25, 0.3) is 0 Å². The first-order valence-corrected chi connectivity index (χ1v) is 11.7. The molecule has 1 saturated carbocycles. The van der Waals surface area contributed by atoms with Gasteiger partial charge in [0, 0.05) is 56.7 Å². The maximum atomic E-state index is 13.6. The van der Waals surface area contributed by atoms with Crippen molar-refractivity contribution < 1.29 is 9.59 Å². The summed E-state index contributed by atoms with van der Waals surface area (Å²) in [4.78, 5) is 39.8. The number of hydrogen-bond acceptors (Lipinski definition) is 5. The van der Waals surface area contributed by atoms with E-state index in [1.54, 1.807) is 12.4 Å². The summed E-state index contributed by atoms with van der Waals surface area (Å²) in [6.45, 7) is 5.31. The minimum atomic E-state index is -0.493.